The number of carbonyl (C=O) groups excluding carboxylic acids is 1. The number of fused-ring (bicyclic) bond motifs is 3. The molecule has 1 aromatic heterocycles. The number of nitrogens with one attached hydrogen (secondary N) is 1. The van der Waals surface area contributed by atoms with Crippen molar-refractivity contribution in [2.45, 2.75) is 55.0 Å². The van der Waals surface area contributed by atoms with E-state index in [-0.39, 0.29) is 24.0 Å². The molecule has 1 aromatic carbocycles. The molecule has 0 unspecified atom stereocenters. The molecule has 5 rings (SSSR count). The smallest absolute Gasteiger partial charge is 0.407 e. The number of aliphatic hydroxyl groups is 1. The van der Waals surface area contributed by atoms with Crippen molar-refractivity contribution in [1.29, 1.82) is 0 Å². The van der Waals surface area contributed by atoms with Crippen molar-refractivity contribution >= 4 is 16.1 Å². The molecular weight excluding hydrogens is 452 g/mol. The molecular formula is C21H24N4O7S. The van der Waals surface area contributed by atoms with Gasteiger partial charge in [0.1, 0.15) is 11.6 Å². The van der Waals surface area contributed by atoms with Gasteiger partial charge >= 0.3 is 6.09 Å². The van der Waals surface area contributed by atoms with E-state index in [1.165, 1.54) is 12.1 Å². The predicted molar refractivity (Wildman–Crippen MR) is 115 cm³/mol. The Labute approximate surface area is 189 Å². The molecule has 2 fully saturated rings. The Morgan fingerprint density at radius 3 is 2.42 bits per heavy atom. The lowest BCUT2D eigenvalue weighted by Crippen LogP contribution is -2.62. The molecule has 176 valence electrons. The Morgan fingerprint density at radius 2 is 1.76 bits per heavy atom. The van der Waals surface area contributed by atoms with Gasteiger partial charge < -0.3 is 15.2 Å². The zero-order valence-corrected chi connectivity index (χ0v) is 18.7. The Balaban J connectivity index is 1.55. The van der Waals surface area contributed by atoms with Crippen LogP contribution in [0.15, 0.2) is 50.9 Å². The second kappa shape index (κ2) is 7.54. The van der Waals surface area contributed by atoms with Gasteiger partial charge in [-0.25, -0.2) is 22.6 Å². The van der Waals surface area contributed by atoms with E-state index in [2.05, 4.69) is 5.32 Å². The highest BCUT2D eigenvalue weighted by Gasteiger charge is 2.59. The molecule has 0 spiro atoms. The number of rotatable bonds is 4. The fourth-order valence-electron chi connectivity index (χ4n) is 4.49. The topological polar surface area (TPSA) is 140 Å². The summed E-state index contributed by atoms with van der Waals surface area (Å²) in [5, 5.41) is 14.3. The third-order valence-corrected chi connectivity index (χ3v) is 8.32. The van der Waals surface area contributed by atoms with E-state index >= 15 is 0 Å². The fraction of sp³-hybridized carbons (Fsp3) is 0.476. The van der Waals surface area contributed by atoms with Gasteiger partial charge in [0.2, 0.25) is 10.0 Å². The first kappa shape index (κ1) is 21.9. The van der Waals surface area contributed by atoms with Crippen molar-refractivity contribution in [3.63, 3.8) is 0 Å². The second-order valence-electron chi connectivity index (χ2n) is 8.87. The number of hydrogen-bond donors (Lipinski definition) is 2. The molecule has 11 nitrogen and oxygen atoms in total. The molecule has 3 heterocycles. The summed E-state index contributed by atoms with van der Waals surface area (Å²) in [6, 6.07) is 7.34. The third-order valence-electron chi connectivity index (χ3n) is 6.49. The number of amides is 1. The summed E-state index contributed by atoms with van der Waals surface area (Å²) in [5.74, 6) is 0. The maximum Gasteiger partial charge on any atom is 0.407 e. The molecule has 0 radical (unpaired) electrons. The van der Waals surface area contributed by atoms with Crippen molar-refractivity contribution < 1.29 is 23.1 Å². The molecule has 1 aliphatic carbocycles. The zero-order valence-electron chi connectivity index (χ0n) is 17.9. The monoisotopic (exact) mass is 476 g/mol. The van der Waals surface area contributed by atoms with Crippen LogP contribution < -0.4 is 16.4 Å². The SMILES string of the molecule is Cc1ccc(S(=O)(=O)N2C[C@H]3n4c(=O)ccc(=O)n4C[C@H](OC(=O)NC4CC4)[C@@]3(O)C2)cc1. The van der Waals surface area contributed by atoms with Crippen molar-refractivity contribution in [2.24, 2.45) is 0 Å². The average Bonchev–Trinajstić information content (AvgIpc) is 3.49. The number of β-amino-alcohol motifs (C(OH)–C–C–N with tert-alkyl or cyclic N) is 1. The summed E-state index contributed by atoms with van der Waals surface area (Å²) < 4.78 is 35.4. The highest BCUT2D eigenvalue weighted by atomic mass is 32.2. The lowest BCUT2D eigenvalue weighted by molar-refractivity contribution is -0.124. The van der Waals surface area contributed by atoms with Crippen LogP contribution in [0.4, 0.5) is 4.79 Å². The number of hydrogen-bond acceptors (Lipinski definition) is 7. The maximum atomic E-state index is 13.3. The van der Waals surface area contributed by atoms with Gasteiger partial charge in [-0.05, 0) is 31.9 Å². The van der Waals surface area contributed by atoms with Crippen molar-refractivity contribution in [3.8, 4) is 0 Å². The van der Waals surface area contributed by atoms with Gasteiger partial charge in [0.25, 0.3) is 11.1 Å². The van der Waals surface area contributed by atoms with Crippen LogP contribution in [0.3, 0.4) is 0 Å². The quantitative estimate of drug-likeness (QED) is 0.610. The molecule has 2 N–H and O–H groups in total. The number of carbonyl (C=O) groups is 1. The summed E-state index contributed by atoms with van der Waals surface area (Å²) in [4.78, 5) is 37.5. The number of alkyl carbamates (subject to hydrolysis) is 1. The number of nitrogens with zero attached hydrogens (tertiary/aromatic N) is 3. The van der Waals surface area contributed by atoms with E-state index in [1.54, 1.807) is 12.1 Å². The van der Waals surface area contributed by atoms with E-state index < -0.39 is 51.5 Å². The third kappa shape index (κ3) is 3.67. The number of sulfonamides is 1. The molecule has 1 saturated carbocycles. The summed E-state index contributed by atoms with van der Waals surface area (Å²) in [6.07, 6.45) is -0.340. The first-order valence-electron chi connectivity index (χ1n) is 10.7. The molecule has 2 aromatic rings. The van der Waals surface area contributed by atoms with E-state index in [0.717, 1.165) is 44.2 Å². The molecule has 3 atom stereocenters. The Morgan fingerprint density at radius 1 is 1.09 bits per heavy atom. The van der Waals surface area contributed by atoms with Gasteiger partial charge in [-0.15, -0.1) is 0 Å². The standard InChI is InChI=1S/C21H24N4O7S/c1-13-2-6-15(7-3-13)33(30,31)23-10-16-21(29,12-23)17(32-20(28)22-14-4-5-14)11-24-18(26)8-9-19(27)25(16)24/h2-3,6-9,14,16-17,29H,4-5,10-12H2,1H3,(H,22,28)/t16-,17+,21-/m1/s1. The lowest BCUT2D eigenvalue weighted by Gasteiger charge is -2.42. The van der Waals surface area contributed by atoms with Crippen molar-refractivity contribution in [1.82, 2.24) is 19.0 Å². The Kier molecular flexibility index (Phi) is 4.99. The van der Waals surface area contributed by atoms with Gasteiger partial charge in [0.05, 0.1) is 11.4 Å². The minimum atomic E-state index is -4.02. The zero-order chi connectivity index (χ0) is 23.5. The molecule has 3 aliphatic rings. The lowest BCUT2D eigenvalue weighted by atomic mass is 9.89. The largest absolute Gasteiger partial charge is 0.441 e. The van der Waals surface area contributed by atoms with Crippen LogP contribution in [0, 0.1) is 6.92 Å². The van der Waals surface area contributed by atoms with Gasteiger partial charge in [0, 0.05) is 31.3 Å². The van der Waals surface area contributed by atoms with Gasteiger partial charge in [-0.1, -0.05) is 17.7 Å². The predicted octanol–water partition coefficient (Wildman–Crippen LogP) is -0.434. The second-order valence-corrected chi connectivity index (χ2v) is 10.8. The molecule has 33 heavy (non-hydrogen) atoms. The van der Waals surface area contributed by atoms with E-state index in [0.29, 0.717) is 0 Å². The minimum absolute atomic E-state index is 0.00569. The number of benzene rings is 1. The molecule has 12 heteroatoms. The molecule has 0 bridgehead atoms. The summed E-state index contributed by atoms with van der Waals surface area (Å²) in [7, 11) is -4.02. The van der Waals surface area contributed by atoms with Crippen LogP contribution in [-0.4, -0.2) is 64.1 Å². The van der Waals surface area contributed by atoms with E-state index in [1.807, 2.05) is 6.92 Å². The summed E-state index contributed by atoms with van der Waals surface area (Å²) in [6.45, 7) is 0.891. The molecule has 1 amide bonds. The van der Waals surface area contributed by atoms with Crippen LogP contribution in [-0.2, 0) is 21.3 Å². The Hall–Kier alpha value is -2.96. The van der Waals surface area contributed by atoms with E-state index in [9.17, 15) is 27.9 Å². The highest BCUT2D eigenvalue weighted by Crippen LogP contribution is 2.40. The van der Waals surface area contributed by atoms with Crippen LogP contribution in [0.25, 0.3) is 0 Å². The minimum Gasteiger partial charge on any atom is -0.441 e. The van der Waals surface area contributed by atoms with Gasteiger partial charge in [-0.3, -0.25) is 9.59 Å². The number of ether oxygens (including phenoxy) is 1. The number of aryl methyl sites for hydroxylation is 1. The van der Waals surface area contributed by atoms with Crippen LogP contribution in [0.1, 0.15) is 24.4 Å². The van der Waals surface area contributed by atoms with Crippen molar-refractivity contribution in [2.75, 3.05) is 13.1 Å². The normalized spacial score (nSPS) is 27.0. The first-order valence-corrected chi connectivity index (χ1v) is 12.1. The average molecular weight is 477 g/mol. The van der Waals surface area contributed by atoms with Crippen LogP contribution >= 0.6 is 0 Å². The summed E-state index contributed by atoms with van der Waals surface area (Å²) in [5.41, 5.74) is -2.10. The summed E-state index contributed by atoms with van der Waals surface area (Å²) >= 11 is 0. The maximum absolute atomic E-state index is 13.3. The molecule has 2 aliphatic heterocycles. The van der Waals surface area contributed by atoms with Gasteiger partial charge in [-0.2, -0.15) is 4.31 Å². The fourth-order valence-corrected chi connectivity index (χ4v) is 5.99. The first-order chi connectivity index (χ1) is 15.6. The molecule has 1 saturated heterocycles. The number of aromatic nitrogens is 2. The van der Waals surface area contributed by atoms with Crippen LogP contribution in [0.2, 0.25) is 0 Å². The van der Waals surface area contributed by atoms with E-state index in [4.69, 9.17) is 4.74 Å². The Bertz CT molecular complexity index is 1330. The van der Waals surface area contributed by atoms with Gasteiger partial charge in [0.15, 0.2) is 6.10 Å². The van der Waals surface area contributed by atoms with Crippen LogP contribution in [0.5, 0.6) is 0 Å². The highest BCUT2D eigenvalue weighted by molar-refractivity contribution is 7.89. The van der Waals surface area contributed by atoms with Crippen molar-refractivity contribution in [3.05, 3.63) is 62.7 Å².